The maximum atomic E-state index is 13.1. The molecular weight excluding hydrogens is 342 g/mol. The Morgan fingerprint density at radius 2 is 2.00 bits per heavy atom. The molecule has 0 aliphatic carbocycles. The quantitative estimate of drug-likeness (QED) is 0.558. The molecule has 0 saturated carbocycles. The smallest absolute Gasteiger partial charge is 0.259 e. The Hall–Kier alpha value is -3.41. The van der Waals surface area contributed by atoms with Gasteiger partial charge in [0.15, 0.2) is 5.76 Å². The molecule has 1 N–H and O–H groups in total. The molecular formula is C21H19N3O3. The van der Waals surface area contributed by atoms with Gasteiger partial charge in [-0.15, -0.1) is 0 Å². The summed E-state index contributed by atoms with van der Waals surface area (Å²) in [6.07, 6.45) is 2.34. The van der Waals surface area contributed by atoms with Crippen LogP contribution < -0.4 is 5.32 Å². The van der Waals surface area contributed by atoms with Gasteiger partial charge in [0.2, 0.25) is 0 Å². The van der Waals surface area contributed by atoms with E-state index in [0.29, 0.717) is 33.8 Å². The third-order valence-electron chi connectivity index (χ3n) is 4.55. The molecule has 1 atom stereocenters. The molecule has 1 amide bonds. The van der Waals surface area contributed by atoms with E-state index in [0.717, 1.165) is 12.0 Å². The third-order valence-corrected chi connectivity index (χ3v) is 4.55. The fourth-order valence-corrected chi connectivity index (χ4v) is 3.17. The van der Waals surface area contributed by atoms with Gasteiger partial charge in [-0.2, -0.15) is 0 Å². The lowest BCUT2D eigenvalue weighted by Gasteiger charge is -2.18. The summed E-state index contributed by atoms with van der Waals surface area (Å²) in [5.41, 5.74) is 3.01. The van der Waals surface area contributed by atoms with Gasteiger partial charge in [0.25, 0.3) is 11.6 Å². The van der Waals surface area contributed by atoms with Crippen LogP contribution in [0.5, 0.6) is 0 Å². The van der Waals surface area contributed by atoms with E-state index in [1.165, 1.54) is 0 Å². The molecule has 0 aliphatic rings. The summed E-state index contributed by atoms with van der Waals surface area (Å²) in [4.78, 5) is 17.6. The summed E-state index contributed by atoms with van der Waals surface area (Å²) in [7, 11) is 0. The Morgan fingerprint density at radius 3 is 2.70 bits per heavy atom. The summed E-state index contributed by atoms with van der Waals surface area (Å²) in [5.74, 6) is 0.368. The number of hydrogen-bond donors (Lipinski definition) is 1. The van der Waals surface area contributed by atoms with E-state index in [2.05, 4.69) is 15.5 Å². The highest BCUT2D eigenvalue weighted by atomic mass is 16.5. The van der Waals surface area contributed by atoms with Crippen LogP contribution in [-0.4, -0.2) is 16.0 Å². The van der Waals surface area contributed by atoms with Gasteiger partial charge in [0, 0.05) is 0 Å². The number of aryl methyl sites for hydroxylation is 1. The molecule has 3 heterocycles. The lowest BCUT2D eigenvalue weighted by molar-refractivity contribution is 0.0937. The van der Waals surface area contributed by atoms with Crippen LogP contribution in [0.15, 0.2) is 63.7 Å². The average molecular weight is 361 g/mol. The van der Waals surface area contributed by atoms with Crippen molar-refractivity contribution < 1.29 is 13.7 Å². The molecule has 0 radical (unpaired) electrons. The number of carbonyl (C=O) groups is 1. The summed E-state index contributed by atoms with van der Waals surface area (Å²) < 4.78 is 10.7. The van der Waals surface area contributed by atoms with E-state index in [1.807, 2.05) is 37.3 Å². The fraction of sp³-hybridized carbons (Fsp3) is 0.190. The van der Waals surface area contributed by atoms with E-state index in [4.69, 9.17) is 8.94 Å². The minimum Gasteiger partial charge on any atom is -0.463 e. The first-order chi connectivity index (χ1) is 13.2. The largest absolute Gasteiger partial charge is 0.463 e. The molecule has 0 unspecified atom stereocenters. The number of hydrogen-bond acceptors (Lipinski definition) is 5. The van der Waals surface area contributed by atoms with Gasteiger partial charge in [-0.25, -0.2) is 4.98 Å². The first-order valence-electron chi connectivity index (χ1n) is 8.84. The first-order valence-corrected chi connectivity index (χ1v) is 8.84. The van der Waals surface area contributed by atoms with E-state index in [9.17, 15) is 4.79 Å². The van der Waals surface area contributed by atoms with Gasteiger partial charge in [0.1, 0.15) is 5.69 Å². The number of carbonyl (C=O) groups excluding carboxylic acids is 1. The second kappa shape index (κ2) is 7.07. The second-order valence-corrected chi connectivity index (χ2v) is 6.33. The van der Waals surface area contributed by atoms with Crippen LogP contribution in [0.1, 0.15) is 41.0 Å². The normalized spacial score (nSPS) is 12.2. The minimum absolute atomic E-state index is 0.0888. The molecule has 6 heteroatoms. The summed E-state index contributed by atoms with van der Waals surface area (Å²) in [6.45, 7) is 3.84. The second-order valence-electron chi connectivity index (χ2n) is 6.33. The Labute approximate surface area is 156 Å². The van der Waals surface area contributed by atoms with E-state index >= 15 is 0 Å². The van der Waals surface area contributed by atoms with Gasteiger partial charge in [0.05, 0.1) is 28.9 Å². The molecule has 0 aliphatic heterocycles. The van der Waals surface area contributed by atoms with Crippen molar-refractivity contribution in [2.45, 2.75) is 26.3 Å². The predicted molar refractivity (Wildman–Crippen MR) is 101 cm³/mol. The number of nitrogens with one attached hydrogen (secondary N) is 1. The standard InChI is InChI=1S/C21H19N3O3/c1-3-16(14-8-5-4-6-9-14)22-20(25)15-12-17(18-10-7-11-26-18)23-21-19(15)13(2)24-27-21/h4-12,16H,3H2,1-2H3,(H,22,25)/t16-/m0/s1. The number of aromatic nitrogens is 2. The van der Waals surface area contributed by atoms with Gasteiger partial charge in [-0.1, -0.05) is 42.4 Å². The van der Waals surface area contributed by atoms with Crippen molar-refractivity contribution in [3.05, 3.63) is 71.6 Å². The zero-order chi connectivity index (χ0) is 18.8. The van der Waals surface area contributed by atoms with Crippen molar-refractivity contribution in [3.63, 3.8) is 0 Å². The Kier molecular flexibility index (Phi) is 4.46. The van der Waals surface area contributed by atoms with Crippen molar-refractivity contribution >= 4 is 17.0 Å². The fourth-order valence-electron chi connectivity index (χ4n) is 3.17. The monoisotopic (exact) mass is 361 g/mol. The highest BCUT2D eigenvalue weighted by Crippen LogP contribution is 2.28. The van der Waals surface area contributed by atoms with Crippen molar-refractivity contribution in [2.75, 3.05) is 0 Å². The predicted octanol–water partition coefficient (Wildman–Crippen LogP) is 4.67. The molecule has 4 rings (SSSR count). The number of fused-ring (bicyclic) bond motifs is 1. The number of amides is 1. The zero-order valence-electron chi connectivity index (χ0n) is 15.1. The highest BCUT2D eigenvalue weighted by Gasteiger charge is 2.22. The van der Waals surface area contributed by atoms with Gasteiger partial charge >= 0.3 is 0 Å². The van der Waals surface area contributed by atoms with Crippen molar-refractivity contribution in [2.24, 2.45) is 0 Å². The van der Waals surface area contributed by atoms with E-state index in [1.54, 1.807) is 31.4 Å². The molecule has 0 fully saturated rings. The molecule has 0 bridgehead atoms. The zero-order valence-corrected chi connectivity index (χ0v) is 15.1. The number of furan rings is 1. The summed E-state index contributed by atoms with van der Waals surface area (Å²) in [6, 6.07) is 15.1. The van der Waals surface area contributed by atoms with Crippen molar-refractivity contribution in [1.29, 1.82) is 0 Å². The summed E-state index contributed by atoms with van der Waals surface area (Å²) >= 11 is 0. The SMILES string of the molecule is CC[C@H](NC(=O)c1cc(-c2ccco2)nc2onc(C)c12)c1ccccc1. The maximum absolute atomic E-state index is 13.1. The molecule has 4 aromatic rings. The van der Waals surface area contributed by atoms with Crippen molar-refractivity contribution in [3.8, 4) is 11.5 Å². The first kappa shape index (κ1) is 17.0. The highest BCUT2D eigenvalue weighted by molar-refractivity contribution is 6.07. The summed E-state index contributed by atoms with van der Waals surface area (Å²) in [5, 5.41) is 7.70. The molecule has 1 aromatic carbocycles. The van der Waals surface area contributed by atoms with Crippen LogP contribution in [0.25, 0.3) is 22.6 Å². The van der Waals surface area contributed by atoms with Gasteiger partial charge in [-0.05, 0) is 37.1 Å². The van der Waals surface area contributed by atoms with Crippen LogP contribution in [0.2, 0.25) is 0 Å². The molecule has 0 spiro atoms. The van der Waals surface area contributed by atoms with E-state index < -0.39 is 0 Å². The number of rotatable bonds is 5. The minimum atomic E-state index is -0.197. The lowest BCUT2D eigenvalue weighted by Crippen LogP contribution is -2.28. The molecule has 27 heavy (non-hydrogen) atoms. The van der Waals surface area contributed by atoms with Crippen LogP contribution in [0.4, 0.5) is 0 Å². The molecule has 136 valence electrons. The topological polar surface area (TPSA) is 81.2 Å². The molecule has 6 nitrogen and oxygen atoms in total. The van der Waals surface area contributed by atoms with Gasteiger partial charge in [-0.3, -0.25) is 4.79 Å². The number of nitrogens with zero attached hydrogens (tertiary/aromatic N) is 2. The average Bonchev–Trinajstić information content (AvgIpc) is 3.36. The van der Waals surface area contributed by atoms with E-state index in [-0.39, 0.29) is 11.9 Å². The third kappa shape index (κ3) is 3.21. The van der Waals surface area contributed by atoms with Crippen molar-refractivity contribution in [1.82, 2.24) is 15.5 Å². The molecule has 3 aromatic heterocycles. The van der Waals surface area contributed by atoms with Crippen LogP contribution in [0, 0.1) is 6.92 Å². The van der Waals surface area contributed by atoms with Gasteiger partial charge < -0.3 is 14.3 Å². The Balaban J connectivity index is 1.75. The lowest BCUT2D eigenvalue weighted by atomic mass is 10.0. The Bertz CT molecular complexity index is 1070. The maximum Gasteiger partial charge on any atom is 0.259 e. The molecule has 0 saturated heterocycles. The Morgan fingerprint density at radius 1 is 1.19 bits per heavy atom. The van der Waals surface area contributed by atoms with Crippen LogP contribution in [0.3, 0.4) is 0 Å². The van der Waals surface area contributed by atoms with Crippen LogP contribution >= 0.6 is 0 Å². The number of benzene rings is 1. The number of pyridine rings is 1. The van der Waals surface area contributed by atoms with Crippen LogP contribution in [-0.2, 0) is 0 Å².